The number of amides is 1. The van der Waals surface area contributed by atoms with Crippen LogP contribution < -0.4 is 11.1 Å². The van der Waals surface area contributed by atoms with Gasteiger partial charge in [0.25, 0.3) is 0 Å². The number of nitrogens with zero attached hydrogens (tertiary/aromatic N) is 2. The summed E-state index contributed by atoms with van der Waals surface area (Å²) in [7, 11) is 0. The Labute approximate surface area is 130 Å². The van der Waals surface area contributed by atoms with E-state index in [4.69, 9.17) is 5.73 Å². The van der Waals surface area contributed by atoms with Crippen LogP contribution in [0.25, 0.3) is 0 Å². The van der Waals surface area contributed by atoms with Crippen molar-refractivity contribution >= 4 is 17.7 Å². The first-order chi connectivity index (χ1) is 9.91. The van der Waals surface area contributed by atoms with Gasteiger partial charge in [0.05, 0.1) is 5.54 Å². The van der Waals surface area contributed by atoms with Crippen LogP contribution in [-0.4, -0.2) is 32.7 Å². The number of thioether (sulfide) groups is 1. The topological polar surface area (TPSA) is 80.9 Å². The molecule has 6 heteroatoms. The maximum Gasteiger partial charge on any atom is 0.237 e. The molecule has 0 bridgehead atoms. The zero-order valence-electron chi connectivity index (χ0n) is 12.9. The molecule has 1 saturated carbocycles. The van der Waals surface area contributed by atoms with Gasteiger partial charge in [-0.15, -0.1) is 0 Å². The summed E-state index contributed by atoms with van der Waals surface area (Å²) in [4.78, 5) is 20.7. The lowest BCUT2D eigenvalue weighted by molar-refractivity contribution is -0.126. The van der Waals surface area contributed by atoms with E-state index in [1.807, 2.05) is 26.8 Å². The molecule has 0 radical (unpaired) electrons. The van der Waals surface area contributed by atoms with Gasteiger partial charge in [-0.25, -0.2) is 9.97 Å². The molecule has 116 valence electrons. The van der Waals surface area contributed by atoms with E-state index >= 15 is 0 Å². The van der Waals surface area contributed by atoms with Gasteiger partial charge in [0.2, 0.25) is 5.91 Å². The molecule has 0 aliphatic heterocycles. The molecule has 21 heavy (non-hydrogen) atoms. The van der Waals surface area contributed by atoms with Crippen LogP contribution in [0.5, 0.6) is 0 Å². The lowest BCUT2D eigenvalue weighted by atomic mass is 9.80. The van der Waals surface area contributed by atoms with Gasteiger partial charge in [0, 0.05) is 23.2 Å². The second kappa shape index (κ2) is 6.75. The van der Waals surface area contributed by atoms with E-state index in [1.54, 1.807) is 18.0 Å². The predicted molar refractivity (Wildman–Crippen MR) is 85.1 cm³/mol. The third kappa shape index (κ3) is 4.17. The third-order valence-electron chi connectivity index (χ3n) is 3.79. The smallest absolute Gasteiger partial charge is 0.237 e. The Morgan fingerprint density at radius 3 is 2.95 bits per heavy atom. The summed E-state index contributed by atoms with van der Waals surface area (Å²) >= 11 is 1.66. The van der Waals surface area contributed by atoms with Crippen molar-refractivity contribution < 1.29 is 4.79 Å². The van der Waals surface area contributed by atoms with Crippen LogP contribution in [0.3, 0.4) is 0 Å². The van der Waals surface area contributed by atoms with Crippen LogP contribution in [0.4, 0.5) is 0 Å². The molecule has 0 aromatic carbocycles. The molecule has 0 spiro atoms. The minimum absolute atomic E-state index is 0.233. The van der Waals surface area contributed by atoms with Crippen LogP contribution >= 0.6 is 11.8 Å². The molecular weight excluding hydrogens is 284 g/mol. The van der Waals surface area contributed by atoms with E-state index in [1.165, 1.54) is 0 Å². The molecule has 1 heterocycles. The van der Waals surface area contributed by atoms with E-state index in [0.717, 1.165) is 36.5 Å². The van der Waals surface area contributed by atoms with Gasteiger partial charge in [-0.2, -0.15) is 0 Å². The Kier molecular flexibility index (Phi) is 5.22. The summed E-state index contributed by atoms with van der Waals surface area (Å²) in [6.07, 6.45) is 5.39. The molecule has 1 aromatic rings. The highest BCUT2D eigenvalue weighted by Gasteiger charge is 2.42. The van der Waals surface area contributed by atoms with Crippen LogP contribution in [-0.2, 0) is 4.79 Å². The number of carbonyl (C=O) groups is 1. The van der Waals surface area contributed by atoms with Crippen molar-refractivity contribution in [2.45, 2.75) is 68.4 Å². The first-order valence-electron chi connectivity index (χ1n) is 7.45. The van der Waals surface area contributed by atoms with E-state index in [2.05, 4.69) is 15.3 Å². The number of hydrogen-bond donors (Lipinski definition) is 2. The van der Waals surface area contributed by atoms with Gasteiger partial charge in [-0.1, -0.05) is 11.8 Å². The Hall–Kier alpha value is -1.14. The van der Waals surface area contributed by atoms with E-state index in [0.29, 0.717) is 5.25 Å². The molecule has 1 amide bonds. The Morgan fingerprint density at radius 1 is 1.57 bits per heavy atom. The SMILES string of the molecule is Cc1ccnc(SC2CCCC(NC(C)C)(C(N)=O)C2)n1. The lowest BCUT2D eigenvalue weighted by Crippen LogP contribution is -2.60. The maximum atomic E-state index is 12.0. The van der Waals surface area contributed by atoms with Crippen LogP contribution in [0.15, 0.2) is 17.4 Å². The summed E-state index contributed by atoms with van der Waals surface area (Å²) < 4.78 is 0. The Balaban J connectivity index is 2.10. The average Bonchev–Trinajstić information content (AvgIpc) is 2.38. The maximum absolute atomic E-state index is 12.0. The van der Waals surface area contributed by atoms with Crippen molar-refractivity contribution in [1.82, 2.24) is 15.3 Å². The van der Waals surface area contributed by atoms with Crippen molar-refractivity contribution in [2.75, 3.05) is 0 Å². The van der Waals surface area contributed by atoms with Gasteiger partial charge in [0.15, 0.2) is 5.16 Å². The molecule has 1 aromatic heterocycles. The third-order valence-corrected chi connectivity index (χ3v) is 4.93. The molecule has 3 N–H and O–H groups in total. The molecule has 1 aliphatic carbocycles. The lowest BCUT2D eigenvalue weighted by Gasteiger charge is -2.40. The van der Waals surface area contributed by atoms with Gasteiger partial charge in [-0.05, 0) is 52.5 Å². The zero-order chi connectivity index (χ0) is 15.5. The largest absolute Gasteiger partial charge is 0.368 e. The fourth-order valence-electron chi connectivity index (χ4n) is 2.94. The monoisotopic (exact) mass is 308 g/mol. The molecule has 1 fully saturated rings. The van der Waals surface area contributed by atoms with E-state index in [-0.39, 0.29) is 11.9 Å². The fourth-order valence-corrected chi connectivity index (χ4v) is 4.20. The van der Waals surface area contributed by atoms with Crippen LogP contribution in [0.1, 0.15) is 45.2 Å². The highest BCUT2D eigenvalue weighted by Crippen LogP contribution is 2.37. The standard InChI is InChI=1S/C15H24N4OS/c1-10(2)19-15(13(16)20)7-4-5-12(9-15)21-14-17-8-6-11(3)18-14/h6,8,10,12,19H,4-5,7,9H2,1-3H3,(H2,16,20). The molecule has 5 nitrogen and oxygen atoms in total. The van der Waals surface area contributed by atoms with Crippen molar-refractivity contribution in [3.63, 3.8) is 0 Å². The first-order valence-corrected chi connectivity index (χ1v) is 8.33. The number of nitrogens with two attached hydrogens (primary N) is 1. The summed E-state index contributed by atoms with van der Waals surface area (Å²) in [6.45, 7) is 6.05. The normalized spacial score (nSPS) is 26.0. The first kappa shape index (κ1) is 16.2. The van der Waals surface area contributed by atoms with Crippen LogP contribution in [0.2, 0.25) is 0 Å². The fraction of sp³-hybridized carbons (Fsp3) is 0.667. The van der Waals surface area contributed by atoms with E-state index in [9.17, 15) is 4.79 Å². The summed E-state index contributed by atoms with van der Waals surface area (Å²) in [6, 6.07) is 2.12. The van der Waals surface area contributed by atoms with Crippen molar-refractivity contribution in [1.29, 1.82) is 0 Å². The minimum Gasteiger partial charge on any atom is -0.368 e. The zero-order valence-corrected chi connectivity index (χ0v) is 13.7. The van der Waals surface area contributed by atoms with Gasteiger partial charge >= 0.3 is 0 Å². The molecule has 1 aliphatic rings. The molecular formula is C15H24N4OS. The number of aromatic nitrogens is 2. The Morgan fingerprint density at radius 2 is 2.33 bits per heavy atom. The van der Waals surface area contributed by atoms with Crippen LogP contribution in [0, 0.1) is 6.92 Å². The average molecular weight is 308 g/mol. The number of nitrogens with one attached hydrogen (secondary N) is 1. The van der Waals surface area contributed by atoms with E-state index < -0.39 is 5.54 Å². The Bertz CT molecular complexity index is 508. The molecule has 2 rings (SSSR count). The number of rotatable bonds is 5. The number of hydrogen-bond acceptors (Lipinski definition) is 5. The highest BCUT2D eigenvalue weighted by molar-refractivity contribution is 7.99. The van der Waals surface area contributed by atoms with Gasteiger partial charge < -0.3 is 11.1 Å². The molecule has 2 atom stereocenters. The highest BCUT2D eigenvalue weighted by atomic mass is 32.2. The van der Waals surface area contributed by atoms with Crippen molar-refractivity contribution in [3.05, 3.63) is 18.0 Å². The summed E-state index contributed by atoms with van der Waals surface area (Å²) in [5.41, 5.74) is 6.06. The van der Waals surface area contributed by atoms with Crippen molar-refractivity contribution in [2.24, 2.45) is 5.73 Å². The van der Waals surface area contributed by atoms with Gasteiger partial charge in [-0.3, -0.25) is 4.79 Å². The second-order valence-corrected chi connectivity index (χ2v) is 7.33. The predicted octanol–water partition coefficient (Wildman–Crippen LogP) is 2.04. The molecule has 2 unspecified atom stereocenters. The number of primary amides is 1. The number of aryl methyl sites for hydroxylation is 1. The van der Waals surface area contributed by atoms with Gasteiger partial charge in [0.1, 0.15) is 0 Å². The summed E-state index contributed by atoms with van der Waals surface area (Å²) in [5.74, 6) is -0.244. The minimum atomic E-state index is -0.589. The quantitative estimate of drug-likeness (QED) is 0.814. The molecule has 0 saturated heterocycles. The summed E-state index contributed by atoms with van der Waals surface area (Å²) in [5, 5.41) is 4.49. The van der Waals surface area contributed by atoms with Crippen molar-refractivity contribution in [3.8, 4) is 0 Å². The number of carbonyl (C=O) groups excluding carboxylic acids is 1. The second-order valence-electron chi connectivity index (χ2n) is 6.06.